The Morgan fingerprint density at radius 1 is 0.867 bits per heavy atom. The van der Waals surface area contributed by atoms with E-state index in [1.807, 2.05) is 84.9 Å². The van der Waals surface area contributed by atoms with Crippen molar-refractivity contribution in [3.05, 3.63) is 84.9 Å². The van der Waals surface area contributed by atoms with E-state index in [2.05, 4.69) is 5.32 Å². The van der Waals surface area contributed by atoms with Crippen molar-refractivity contribution < 1.29 is 19.1 Å². The van der Waals surface area contributed by atoms with Gasteiger partial charge in [-0.05, 0) is 37.1 Å². The van der Waals surface area contributed by atoms with Crippen LogP contribution in [0.2, 0.25) is 0 Å². The normalized spacial score (nSPS) is 11.4. The van der Waals surface area contributed by atoms with Gasteiger partial charge in [0.25, 0.3) is 5.91 Å². The predicted molar refractivity (Wildman–Crippen MR) is 117 cm³/mol. The smallest absolute Gasteiger partial charge is 0.306 e. The van der Waals surface area contributed by atoms with Crippen molar-refractivity contribution in [1.29, 1.82) is 0 Å². The first-order valence-electron chi connectivity index (χ1n) is 9.96. The van der Waals surface area contributed by atoms with Gasteiger partial charge in [0.05, 0.1) is 6.61 Å². The van der Waals surface area contributed by atoms with E-state index in [0.717, 1.165) is 16.9 Å². The van der Waals surface area contributed by atoms with E-state index in [4.69, 9.17) is 9.47 Å². The van der Waals surface area contributed by atoms with Crippen molar-refractivity contribution in [3.8, 4) is 16.9 Å². The summed E-state index contributed by atoms with van der Waals surface area (Å²) in [5.74, 6) is -0.0337. The molecule has 0 spiro atoms. The molecule has 0 radical (unpaired) electrons. The molecular formula is C25H25NO4. The first-order valence-corrected chi connectivity index (χ1v) is 9.96. The van der Waals surface area contributed by atoms with Gasteiger partial charge >= 0.3 is 5.97 Å². The third-order valence-corrected chi connectivity index (χ3v) is 4.48. The van der Waals surface area contributed by atoms with E-state index in [-0.39, 0.29) is 12.3 Å². The molecule has 0 saturated heterocycles. The molecule has 1 unspecified atom stereocenters. The Hall–Kier alpha value is -3.60. The van der Waals surface area contributed by atoms with E-state index < -0.39 is 12.1 Å². The minimum atomic E-state index is -0.892. The van der Waals surface area contributed by atoms with E-state index in [1.165, 1.54) is 0 Å². The minimum Gasteiger partial charge on any atom is -0.494 e. The van der Waals surface area contributed by atoms with E-state index in [9.17, 15) is 9.59 Å². The van der Waals surface area contributed by atoms with Crippen LogP contribution in [0.4, 0.5) is 5.69 Å². The van der Waals surface area contributed by atoms with Gasteiger partial charge in [-0.15, -0.1) is 0 Å². The minimum absolute atomic E-state index is 0.186. The lowest BCUT2D eigenvalue weighted by molar-refractivity contribution is -0.153. The number of rotatable bonds is 9. The zero-order valence-electron chi connectivity index (χ0n) is 16.9. The highest BCUT2D eigenvalue weighted by molar-refractivity contribution is 5.98. The number of amides is 1. The fraction of sp³-hybridized carbons (Fsp3) is 0.200. The Labute approximate surface area is 176 Å². The summed E-state index contributed by atoms with van der Waals surface area (Å²) in [6.45, 7) is 1.98. The number of para-hydroxylation sites is 2. The molecule has 5 heteroatoms. The van der Waals surface area contributed by atoms with Gasteiger partial charge in [0.1, 0.15) is 5.75 Å². The Morgan fingerprint density at radius 2 is 1.50 bits per heavy atom. The molecule has 3 rings (SSSR count). The summed E-state index contributed by atoms with van der Waals surface area (Å²) in [5.41, 5.74) is 2.58. The monoisotopic (exact) mass is 403 g/mol. The number of ether oxygens (including phenoxy) is 2. The summed E-state index contributed by atoms with van der Waals surface area (Å²) >= 11 is 0. The second kappa shape index (κ2) is 10.8. The van der Waals surface area contributed by atoms with Gasteiger partial charge in [-0.1, -0.05) is 66.7 Å². The second-order valence-corrected chi connectivity index (χ2v) is 6.80. The molecule has 0 aromatic heterocycles. The van der Waals surface area contributed by atoms with Crippen molar-refractivity contribution in [1.82, 2.24) is 0 Å². The van der Waals surface area contributed by atoms with Crippen LogP contribution in [0.3, 0.4) is 0 Å². The van der Waals surface area contributed by atoms with Gasteiger partial charge in [0.15, 0.2) is 6.10 Å². The average Bonchev–Trinajstić information content (AvgIpc) is 2.78. The Morgan fingerprint density at radius 3 is 2.23 bits per heavy atom. The molecule has 1 atom stereocenters. The molecule has 0 bridgehead atoms. The molecule has 0 aliphatic carbocycles. The number of carbonyl (C=O) groups excluding carboxylic acids is 2. The Kier molecular flexibility index (Phi) is 7.61. The number of esters is 1. The molecule has 154 valence electrons. The van der Waals surface area contributed by atoms with E-state index in [0.29, 0.717) is 18.7 Å². The molecule has 3 aromatic carbocycles. The van der Waals surface area contributed by atoms with Crippen LogP contribution in [0.15, 0.2) is 84.9 Å². The number of anilines is 1. The number of carbonyl (C=O) groups is 2. The standard InChI is InChI=1S/C25H25NO4/c1-19(30-24(27)17-10-18-29-21-13-6-3-7-14-21)25(28)26-23-16-9-8-15-22(23)20-11-4-2-5-12-20/h2-9,11-16,19H,10,17-18H2,1H3,(H,26,28). The third kappa shape index (κ3) is 6.21. The van der Waals surface area contributed by atoms with Crippen LogP contribution in [0.5, 0.6) is 5.75 Å². The predicted octanol–water partition coefficient (Wildman–Crippen LogP) is 5.08. The molecule has 0 aliphatic rings. The van der Waals surface area contributed by atoms with Gasteiger partial charge in [-0.3, -0.25) is 9.59 Å². The number of benzene rings is 3. The van der Waals surface area contributed by atoms with E-state index in [1.54, 1.807) is 6.92 Å². The maximum atomic E-state index is 12.5. The van der Waals surface area contributed by atoms with Crippen LogP contribution in [-0.4, -0.2) is 24.6 Å². The van der Waals surface area contributed by atoms with Gasteiger partial charge in [-0.25, -0.2) is 0 Å². The van der Waals surface area contributed by atoms with Crippen LogP contribution in [0.25, 0.3) is 11.1 Å². The molecule has 0 aliphatic heterocycles. The van der Waals surface area contributed by atoms with Crippen molar-refractivity contribution in [2.24, 2.45) is 0 Å². The summed E-state index contributed by atoms with van der Waals surface area (Å²) in [5, 5.41) is 2.86. The van der Waals surface area contributed by atoms with Crippen molar-refractivity contribution in [2.75, 3.05) is 11.9 Å². The van der Waals surface area contributed by atoms with Crippen LogP contribution < -0.4 is 10.1 Å². The second-order valence-electron chi connectivity index (χ2n) is 6.80. The Bertz CT molecular complexity index is 957. The molecule has 3 aromatic rings. The highest BCUT2D eigenvalue weighted by Gasteiger charge is 2.19. The zero-order chi connectivity index (χ0) is 21.2. The Balaban J connectivity index is 1.47. The van der Waals surface area contributed by atoms with Gasteiger partial charge in [0.2, 0.25) is 0 Å². The average molecular weight is 403 g/mol. The fourth-order valence-electron chi connectivity index (χ4n) is 2.93. The first kappa shape index (κ1) is 21.1. The maximum absolute atomic E-state index is 12.5. The van der Waals surface area contributed by atoms with Crippen LogP contribution >= 0.6 is 0 Å². The molecule has 0 heterocycles. The summed E-state index contributed by atoms with van der Waals surface area (Å²) in [6.07, 6.45) is -0.194. The number of hydrogen-bond donors (Lipinski definition) is 1. The SMILES string of the molecule is CC(OC(=O)CCCOc1ccccc1)C(=O)Nc1ccccc1-c1ccccc1. The lowest BCUT2D eigenvalue weighted by Crippen LogP contribution is -2.30. The molecule has 0 fully saturated rings. The highest BCUT2D eigenvalue weighted by atomic mass is 16.5. The molecule has 5 nitrogen and oxygen atoms in total. The summed E-state index contributed by atoms with van der Waals surface area (Å²) < 4.78 is 10.8. The lowest BCUT2D eigenvalue weighted by atomic mass is 10.0. The molecular weight excluding hydrogens is 378 g/mol. The van der Waals surface area contributed by atoms with Crippen LogP contribution in [0, 0.1) is 0 Å². The molecule has 30 heavy (non-hydrogen) atoms. The largest absolute Gasteiger partial charge is 0.494 e. The zero-order valence-corrected chi connectivity index (χ0v) is 16.9. The van der Waals surface area contributed by atoms with Crippen molar-refractivity contribution in [3.63, 3.8) is 0 Å². The van der Waals surface area contributed by atoms with Crippen molar-refractivity contribution >= 4 is 17.6 Å². The van der Waals surface area contributed by atoms with Crippen molar-refractivity contribution in [2.45, 2.75) is 25.9 Å². The summed E-state index contributed by atoms with van der Waals surface area (Å²) in [7, 11) is 0. The molecule has 1 N–H and O–H groups in total. The summed E-state index contributed by atoms with van der Waals surface area (Å²) in [6, 6.07) is 26.7. The van der Waals surface area contributed by atoms with Crippen LogP contribution in [0.1, 0.15) is 19.8 Å². The summed E-state index contributed by atoms with van der Waals surface area (Å²) in [4.78, 5) is 24.6. The number of nitrogens with one attached hydrogen (secondary N) is 1. The highest BCUT2D eigenvalue weighted by Crippen LogP contribution is 2.27. The van der Waals surface area contributed by atoms with Crippen LogP contribution in [-0.2, 0) is 14.3 Å². The third-order valence-electron chi connectivity index (χ3n) is 4.48. The van der Waals surface area contributed by atoms with E-state index >= 15 is 0 Å². The lowest BCUT2D eigenvalue weighted by Gasteiger charge is -2.16. The van der Waals surface area contributed by atoms with Gasteiger partial charge < -0.3 is 14.8 Å². The molecule has 0 saturated carbocycles. The molecule has 1 amide bonds. The van der Waals surface area contributed by atoms with Gasteiger partial charge in [0, 0.05) is 17.7 Å². The number of hydrogen-bond acceptors (Lipinski definition) is 4. The maximum Gasteiger partial charge on any atom is 0.306 e. The van der Waals surface area contributed by atoms with Gasteiger partial charge in [-0.2, -0.15) is 0 Å². The first-order chi connectivity index (χ1) is 14.6. The quantitative estimate of drug-likeness (QED) is 0.400. The topological polar surface area (TPSA) is 64.6 Å². The fourth-order valence-corrected chi connectivity index (χ4v) is 2.93.